The van der Waals surface area contributed by atoms with Crippen molar-refractivity contribution in [3.63, 3.8) is 0 Å². The molecule has 0 amide bonds. The molecule has 0 aliphatic carbocycles. The van der Waals surface area contributed by atoms with Crippen LogP contribution in [-0.4, -0.2) is 16.6 Å². The van der Waals surface area contributed by atoms with E-state index in [2.05, 4.69) is 58.3 Å². The first-order chi connectivity index (χ1) is 9.85. The van der Waals surface area contributed by atoms with Gasteiger partial charge >= 0.3 is 0 Å². The first kappa shape index (κ1) is 14.8. The van der Waals surface area contributed by atoms with Crippen LogP contribution in [0.1, 0.15) is 43.6 Å². The van der Waals surface area contributed by atoms with Crippen molar-refractivity contribution >= 4 is 0 Å². The van der Waals surface area contributed by atoms with Gasteiger partial charge in [-0.25, -0.2) is 4.98 Å². The average molecular weight is 271 g/mol. The van der Waals surface area contributed by atoms with Crippen molar-refractivity contribution < 1.29 is 0 Å². The molecule has 1 heterocycles. The van der Waals surface area contributed by atoms with Crippen LogP contribution in [0.3, 0.4) is 0 Å². The highest BCUT2D eigenvalue weighted by atomic mass is 15.1. The number of rotatable bonds is 8. The van der Waals surface area contributed by atoms with Crippen LogP contribution in [0.5, 0.6) is 0 Å². The lowest BCUT2D eigenvalue weighted by Crippen LogP contribution is -2.16. The summed E-state index contributed by atoms with van der Waals surface area (Å²) >= 11 is 0. The fourth-order valence-corrected chi connectivity index (χ4v) is 2.64. The van der Waals surface area contributed by atoms with Gasteiger partial charge in [0.15, 0.2) is 0 Å². The van der Waals surface area contributed by atoms with Crippen LogP contribution in [-0.2, 0) is 13.0 Å². The lowest BCUT2D eigenvalue weighted by Gasteiger charge is -2.16. The van der Waals surface area contributed by atoms with Crippen molar-refractivity contribution in [2.75, 3.05) is 7.05 Å². The molecule has 1 aromatic heterocycles. The van der Waals surface area contributed by atoms with E-state index in [4.69, 9.17) is 0 Å². The topological polar surface area (TPSA) is 29.9 Å². The Balaban J connectivity index is 1.86. The van der Waals surface area contributed by atoms with Gasteiger partial charge in [0, 0.05) is 31.4 Å². The molecule has 3 heteroatoms. The standard InChI is InChI=1S/C17H25N3/c1-3-13-20-14-12-19-17(20)11-7-10-16(18-2)15-8-5-4-6-9-15/h4-6,8-9,12,14,16,18H,3,7,10-11,13H2,1-2H3. The largest absolute Gasteiger partial charge is 0.335 e. The molecule has 1 N–H and O–H groups in total. The van der Waals surface area contributed by atoms with Crippen LogP contribution >= 0.6 is 0 Å². The minimum absolute atomic E-state index is 0.436. The fourth-order valence-electron chi connectivity index (χ4n) is 2.64. The molecule has 0 saturated heterocycles. The number of aryl methyl sites for hydroxylation is 2. The highest BCUT2D eigenvalue weighted by molar-refractivity contribution is 5.18. The summed E-state index contributed by atoms with van der Waals surface area (Å²) in [6, 6.07) is 11.1. The summed E-state index contributed by atoms with van der Waals surface area (Å²) in [5.74, 6) is 1.22. The Hall–Kier alpha value is -1.61. The second-order valence-corrected chi connectivity index (χ2v) is 5.18. The normalized spacial score (nSPS) is 12.5. The molecule has 0 fully saturated rings. The molecule has 1 unspecified atom stereocenters. The molecular weight excluding hydrogens is 246 g/mol. The molecular formula is C17H25N3. The number of nitrogens with zero attached hydrogens (tertiary/aromatic N) is 2. The predicted octanol–water partition coefficient (Wildman–Crippen LogP) is 3.58. The molecule has 0 spiro atoms. The zero-order valence-corrected chi connectivity index (χ0v) is 12.5. The van der Waals surface area contributed by atoms with E-state index >= 15 is 0 Å². The number of hydrogen-bond donors (Lipinski definition) is 1. The smallest absolute Gasteiger partial charge is 0.108 e. The maximum absolute atomic E-state index is 4.47. The van der Waals surface area contributed by atoms with Gasteiger partial charge in [0.25, 0.3) is 0 Å². The van der Waals surface area contributed by atoms with E-state index in [9.17, 15) is 0 Å². The van der Waals surface area contributed by atoms with Crippen molar-refractivity contribution in [2.45, 2.75) is 45.2 Å². The Morgan fingerprint density at radius 2 is 2.05 bits per heavy atom. The van der Waals surface area contributed by atoms with Crippen LogP contribution in [0.15, 0.2) is 42.7 Å². The lowest BCUT2D eigenvalue weighted by atomic mass is 10.0. The number of hydrogen-bond acceptors (Lipinski definition) is 2. The second-order valence-electron chi connectivity index (χ2n) is 5.18. The van der Waals surface area contributed by atoms with Gasteiger partial charge in [0.1, 0.15) is 5.82 Å². The van der Waals surface area contributed by atoms with Gasteiger partial charge in [-0.1, -0.05) is 37.3 Å². The maximum atomic E-state index is 4.47. The van der Waals surface area contributed by atoms with E-state index in [-0.39, 0.29) is 0 Å². The monoisotopic (exact) mass is 271 g/mol. The summed E-state index contributed by atoms with van der Waals surface area (Å²) in [6.45, 7) is 3.28. The third kappa shape index (κ3) is 3.94. The van der Waals surface area contributed by atoms with Crippen molar-refractivity contribution in [2.24, 2.45) is 0 Å². The molecule has 0 aliphatic heterocycles. The van der Waals surface area contributed by atoms with Gasteiger partial charge in [0.2, 0.25) is 0 Å². The van der Waals surface area contributed by atoms with E-state index in [0.29, 0.717) is 6.04 Å². The molecule has 20 heavy (non-hydrogen) atoms. The quantitative estimate of drug-likeness (QED) is 0.795. The Kier molecular flexibility index (Phi) is 5.81. The zero-order valence-electron chi connectivity index (χ0n) is 12.5. The van der Waals surface area contributed by atoms with Crippen molar-refractivity contribution in [3.05, 3.63) is 54.1 Å². The van der Waals surface area contributed by atoms with Gasteiger partial charge in [-0.05, 0) is 31.9 Å². The van der Waals surface area contributed by atoms with Crippen molar-refractivity contribution in [3.8, 4) is 0 Å². The second kappa shape index (κ2) is 7.85. The molecule has 0 saturated carbocycles. The molecule has 0 radical (unpaired) electrons. The molecule has 0 bridgehead atoms. The lowest BCUT2D eigenvalue weighted by molar-refractivity contribution is 0.515. The van der Waals surface area contributed by atoms with Crippen molar-refractivity contribution in [1.82, 2.24) is 14.9 Å². The fraction of sp³-hybridized carbons (Fsp3) is 0.471. The van der Waals surface area contributed by atoms with Gasteiger partial charge in [0.05, 0.1) is 0 Å². The first-order valence-electron chi connectivity index (χ1n) is 7.57. The summed E-state index contributed by atoms with van der Waals surface area (Å²) < 4.78 is 2.27. The summed E-state index contributed by atoms with van der Waals surface area (Å²) in [7, 11) is 2.04. The van der Waals surface area contributed by atoms with Gasteiger partial charge < -0.3 is 9.88 Å². The van der Waals surface area contributed by atoms with E-state index in [1.807, 2.05) is 13.2 Å². The number of benzene rings is 1. The number of nitrogens with one attached hydrogen (secondary N) is 1. The molecule has 1 aromatic carbocycles. The molecule has 2 aromatic rings. The Morgan fingerprint density at radius 3 is 2.75 bits per heavy atom. The third-order valence-electron chi connectivity index (χ3n) is 3.71. The predicted molar refractivity (Wildman–Crippen MR) is 83.7 cm³/mol. The molecule has 0 aliphatic rings. The highest BCUT2D eigenvalue weighted by Gasteiger charge is 2.09. The SMILES string of the molecule is CCCn1ccnc1CCCC(NC)c1ccccc1. The van der Waals surface area contributed by atoms with Crippen LogP contribution in [0.4, 0.5) is 0 Å². The van der Waals surface area contributed by atoms with Crippen molar-refractivity contribution in [1.29, 1.82) is 0 Å². The van der Waals surface area contributed by atoms with Gasteiger partial charge in [-0.15, -0.1) is 0 Å². The number of imidazole rings is 1. The molecule has 2 rings (SSSR count). The van der Waals surface area contributed by atoms with Crippen LogP contribution in [0.25, 0.3) is 0 Å². The minimum Gasteiger partial charge on any atom is -0.335 e. The highest BCUT2D eigenvalue weighted by Crippen LogP contribution is 2.18. The van der Waals surface area contributed by atoms with Crippen LogP contribution < -0.4 is 5.32 Å². The van der Waals surface area contributed by atoms with E-state index in [1.54, 1.807) is 0 Å². The Morgan fingerprint density at radius 1 is 1.25 bits per heavy atom. The summed E-state index contributed by atoms with van der Waals surface area (Å²) in [5.41, 5.74) is 1.37. The summed E-state index contributed by atoms with van der Waals surface area (Å²) in [6.07, 6.45) is 8.51. The van der Waals surface area contributed by atoms with Gasteiger partial charge in [-0.3, -0.25) is 0 Å². The third-order valence-corrected chi connectivity index (χ3v) is 3.71. The Bertz CT molecular complexity index is 490. The zero-order chi connectivity index (χ0) is 14.2. The van der Waals surface area contributed by atoms with E-state index in [1.165, 1.54) is 11.4 Å². The first-order valence-corrected chi connectivity index (χ1v) is 7.57. The average Bonchev–Trinajstić information content (AvgIpc) is 2.92. The minimum atomic E-state index is 0.436. The molecule has 1 atom stereocenters. The summed E-state index contributed by atoms with van der Waals surface area (Å²) in [4.78, 5) is 4.47. The van der Waals surface area contributed by atoms with Crippen LogP contribution in [0, 0.1) is 0 Å². The number of aromatic nitrogens is 2. The van der Waals surface area contributed by atoms with E-state index < -0.39 is 0 Å². The Labute approximate surface area is 122 Å². The van der Waals surface area contributed by atoms with Crippen LogP contribution in [0.2, 0.25) is 0 Å². The molecule has 3 nitrogen and oxygen atoms in total. The van der Waals surface area contributed by atoms with E-state index in [0.717, 1.165) is 32.2 Å². The maximum Gasteiger partial charge on any atom is 0.108 e. The molecule has 108 valence electrons. The van der Waals surface area contributed by atoms with Gasteiger partial charge in [-0.2, -0.15) is 0 Å². The summed E-state index contributed by atoms with van der Waals surface area (Å²) in [5, 5.41) is 3.41.